The van der Waals surface area contributed by atoms with E-state index in [4.69, 9.17) is 0 Å². The van der Waals surface area contributed by atoms with E-state index in [1.165, 1.54) is 13.3 Å². The Morgan fingerprint density at radius 2 is 1.83 bits per heavy atom. The summed E-state index contributed by atoms with van der Waals surface area (Å²) in [5.74, 6) is 0. The van der Waals surface area contributed by atoms with E-state index in [0.717, 1.165) is 11.9 Å². The Kier molecular flexibility index (Phi) is 2.80. The molecule has 3 nitrogen and oxygen atoms in total. The quantitative estimate of drug-likeness (QED) is 0.694. The third-order valence-electron chi connectivity index (χ3n) is 1.20. The first-order valence-corrected chi connectivity index (χ1v) is 6.78. The van der Waals surface area contributed by atoms with E-state index in [9.17, 15) is 9.36 Å². The van der Waals surface area contributed by atoms with Gasteiger partial charge in [-0.1, -0.05) is 0 Å². The van der Waals surface area contributed by atoms with Crippen LogP contribution in [0.5, 0.6) is 0 Å². The van der Waals surface area contributed by atoms with Gasteiger partial charge in [0, 0.05) is 24.3 Å². The van der Waals surface area contributed by atoms with E-state index in [0.29, 0.717) is 0 Å². The largest absolute Gasteiger partial charge is 0.315 e. The first-order valence-electron chi connectivity index (χ1n) is 3.41. The van der Waals surface area contributed by atoms with Gasteiger partial charge in [0.25, 0.3) is 4.86 Å². The van der Waals surface area contributed by atoms with Gasteiger partial charge in [0.05, 0.1) is 0 Å². The van der Waals surface area contributed by atoms with Crippen LogP contribution in [-0.2, 0) is 4.57 Å². The predicted molar refractivity (Wildman–Crippen MR) is 52.3 cm³/mol. The summed E-state index contributed by atoms with van der Waals surface area (Å²) in [5.41, 5.74) is 0. The SMILES string of the molecule is CP(C)(=O)C(=O)Sn1cccc1. The van der Waals surface area contributed by atoms with E-state index in [1.54, 1.807) is 16.4 Å². The number of carbonyl (C=O) groups excluding carboxylic acids is 1. The molecule has 0 aliphatic carbocycles. The summed E-state index contributed by atoms with van der Waals surface area (Å²) in [5, 5.41) is 0. The molecular formula is C7H10NO2PS. The molecule has 0 aliphatic rings. The van der Waals surface area contributed by atoms with Crippen molar-refractivity contribution >= 4 is 23.9 Å². The molecule has 0 saturated carbocycles. The van der Waals surface area contributed by atoms with Gasteiger partial charge >= 0.3 is 0 Å². The monoisotopic (exact) mass is 203 g/mol. The van der Waals surface area contributed by atoms with Crippen LogP contribution >= 0.6 is 19.1 Å². The molecule has 1 rings (SSSR count). The van der Waals surface area contributed by atoms with Crippen molar-refractivity contribution < 1.29 is 9.36 Å². The van der Waals surface area contributed by atoms with E-state index < -0.39 is 7.14 Å². The van der Waals surface area contributed by atoms with Crippen LogP contribution in [0.3, 0.4) is 0 Å². The van der Waals surface area contributed by atoms with Crippen LogP contribution in [0.25, 0.3) is 0 Å². The van der Waals surface area contributed by atoms with Crippen molar-refractivity contribution in [3.05, 3.63) is 24.5 Å². The molecule has 0 aliphatic heterocycles. The number of aromatic nitrogens is 1. The molecule has 0 N–H and O–H groups in total. The molecule has 66 valence electrons. The van der Waals surface area contributed by atoms with Crippen molar-refractivity contribution in [1.82, 2.24) is 3.97 Å². The number of rotatable bonds is 2. The second kappa shape index (κ2) is 3.50. The molecule has 0 radical (unpaired) electrons. The molecule has 1 heterocycles. The third-order valence-corrected chi connectivity index (χ3v) is 4.25. The maximum absolute atomic E-state index is 11.3. The Morgan fingerprint density at radius 3 is 2.25 bits per heavy atom. The first kappa shape index (κ1) is 9.62. The van der Waals surface area contributed by atoms with Gasteiger partial charge in [0.2, 0.25) is 0 Å². The van der Waals surface area contributed by atoms with Gasteiger partial charge in [-0.3, -0.25) is 8.77 Å². The van der Waals surface area contributed by atoms with Crippen LogP contribution < -0.4 is 0 Å². The highest BCUT2D eigenvalue weighted by Gasteiger charge is 2.20. The minimum Gasteiger partial charge on any atom is -0.315 e. The fourth-order valence-corrected chi connectivity index (χ4v) is 2.08. The number of carbonyl (C=O) groups is 1. The van der Waals surface area contributed by atoms with Gasteiger partial charge < -0.3 is 4.57 Å². The smallest absolute Gasteiger partial charge is 0.267 e. The zero-order chi connectivity index (χ0) is 9.19. The predicted octanol–water partition coefficient (Wildman–Crippen LogP) is 2.73. The van der Waals surface area contributed by atoms with Crippen LogP contribution in [0, 0.1) is 0 Å². The topological polar surface area (TPSA) is 39.1 Å². The molecule has 1 aromatic heterocycles. The summed E-state index contributed by atoms with van der Waals surface area (Å²) in [4.78, 5) is 10.9. The Hall–Kier alpha value is -0.470. The molecule has 1 aromatic rings. The fourth-order valence-electron chi connectivity index (χ4n) is 0.568. The molecule has 0 atom stereocenters. The second-order valence-electron chi connectivity index (χ2n) is 2.75. The minimum absolute atomic E-state index is 0.265. The Balaban J connectivity index is 2.66. The maximum atomic E-state index is 11.3. The summed E-state index contributed by atoms with van der Waals surface area (Å²) in [6, 6.07) is 3.63. The van der Waals surface area contributed by atoms with Gasteiger partial charge in [-0.05, 0) is 25.5 Å². The summed E-state index contributed by atoms with van der Waals surface area (Å²) in [6.07, 6.45) is 3.50. The van der Waals surface area contributed by atoms with Crippen molar-refractivity contribution in [2.24, 2.45) is 0 Å². The summed E-state index contributed by atoms with van der Waals surface area (Å²) in [6.45, 7) is 2.96. The number of hydrogen-bond donors (Lipinski definition) is 0. The highest BCUT2D eigenvalue weighted by Crippen LogP contribution is 2.43. The van der Waals surface area contributed by atoms with E-state index in [-0.39, 0.29) is 4.86 Å². The molecule has 0 fully saturated rings. The van der Waals surface area contributed by atoms with Crippen LogP contribution in [-0.4, -0.2) is 22.2 Å². The summed E-state index contributed by atoms with van der Waals surface area (Å²) >= 11 is 0.972. The van der Waals surface area contributed by atoms with Crippen LogP contribution in [0.15, 0.2) is 24.5 Å². The number of nitrogens with zero attached hydrogens (tertiary/aromatic N) is 1. The van der Waals surface area contributed by atoms with Crippen LogP contribution in [0.1, 0.15) is 0 Å². The van der Waals surface area contributed by atoms with Gasteiger partial charge in [0.1, 0.15) is 0 Å². The van der Waals surface area contributed by atoms with E-state index in [2.05, 4.69) is 0 Å². The fraction of sp³-hybridized carbons (Fsp3) is 0.286. The lowest BCUT2D eigenvalue weighted by Gasteiger charge is -2.03. The molecule has 0 saturated heterocycles. The van der Waals surface area contributed by atoms with Crippen LogP contribution in [0.4, 0.5) is 4.79 Å². The minimum atomic E-state index is -2.59. The maximum Gasteiger partial charge on any atom is 0.267 e. The van der Waals surface area contributed by atoms with Gasteiger partial charge in [-0.25, -0.2) is 0 Å². The first-order chi connectivity index (χ1) is 5.50. The number of hydrogen-bond acceptors (Lipinski definition) is 3. The van der Waals surface area contributed by atoms with E-state index in [1.807, 2.05) is 12.1 Å². The molecule has 5 heteroatoms. The lowest BCUT2D eigenvalue weighted by molar-refractivity contribution is 0.274. The third kappa shape index (κ3) is 2.54. The van der Waals surface area contributed by atoms with Crippen LogP contribution in [0.2, 0.25) is 0 Å². The van der Waals surface area contributed by atoms with Crippen molar-refractivity contribution in [2.75, 3.05) is 13.3 Å². The molecular weight excluding hydrogens is 193 g/mol. The van der Waals surface area contributed by atoms with Gasteiger partial charge in [-0.2, -0.15) is 0 Å². The van der Waals surface area contributed by atoms with Crippen molar-refractivity contribution in [3.8, 4) is 0 Å². The zero-order valence-electron chi connectivity index (χ0n) is 6.93. The van der Waals surface area contributed by atoms with Crippen molar-refractivity contribution in [3.63, 3.8) is 0 Å². The lowest BCUT2D eigenvalue weighted by atomic mass is 10.7. The van der Waals surface area contributed by atoms with Crippen molar-refractivity contribution in [2.45, 2.75) is 0 Å². The van der Waals surface area contributed by atoms with Crippen molar-refractivity contribution in [1.29, 1.82) is 0 Å². The molecule has 0 aromatic carbocycles. The van der Waals surface area contributed by atoms with Gasteiger partial charge in [0.15, 0.2) is 7.14 Å². The Bertz CT molecular complexity index is 314. The average molecular weight is 203 g/mol. The normalized spacial score (nSPS) is 11.5. The molecule has 0 spiro atoms. The average Bonchev–Trinajstić information content (AvgIpc) is 2.37. The summed E-state index contributed by atoms with van der Waals surface area (Å²) < 4.78 is 12.9. The highest BCUT2D eigenvalue weighted by atomic mass is 32.2. The second-order valence-corrected chi connectivity index (χ2v) is 7.14. The Morgan fingerprint density at radius 1 is 1.33 bits per heavy atom. The molecule has 12 heavy (non-hydrogen) atoms. The molecule has 0 amide bonds. The highest BCUT2D eigenvalue weighted by molar-refractivity contribution is 8.25. The lowest BCUT2D eigenvalue weighted by Crippen LogP contribution is -1.92. The molecule has 0 bridgehead atoms. The summed E-state index contributed by atoms with van der Waals surface area (Å²) in [7, 11) is -2.59. The molecule has 0 unspecified atom stereocenters. The zero-order valence-corrected chi connectivity index (χ0v) is 8.64. The van der Waals surface area contributed by atoms with Gasteiger partial charge in [-0.15, -0.1) is 0 Å². The van der Waals surface area contributed by atoms with E-state index >= 15 is 0 Å². The Labute approximate surface area is 75.7 Å². The standard InChI is InChI=1S/C7H10NO2PS/c1-11(2,10)7(9)12-8-5-3-4-6-8/h3-6H,1-2H3.